The molecule has 0 saturated carbocycles. The summed E-state index contributed by atoms with van der Waals surface area (Å²) in [5, 5.41) is 7.07. The predicted molar refractivity (Wildman–Crippen MR) is 64.0 cm³/mol. The van der Waals surface area contributed by atoms with Crippen molar-refractivity contribution in [2.75, 3.05) is 13.1 Å². The number of piperidine rings is 1. The minimum absolute atomic E-state index is 0.0473. The van der Waals surface area contributed by atoms with Gasteiger partial charge in [0, 0.05) is 25.8 Å². The summed E-state index contributed by atoms with van der Waals surface area (Å²) < 4.78 is 28.3. The molecule has 0 amide bonds. The van der Waals surface area contributed by atoms with Crippen LogP contribution in [-0.4, -0.2) is 37.3 Å². The predicted octanol–water partition coefficient (Wildman–Crippen LogP) is -0.304. The van der Waals surface area contributed by atoms with E-state index in [0.29, 0.717) is 12.5 Å². The summed E-state index contributed by atoms with van der Waals surface area (Å²) in [4.78, 5) is 0.220. The second kappa shape index (κ2) is 4.75. The zero-order valence-corrected chi connectivity index (χ0v) is 10.9. The van der Waals surface area contributed by atoms with Crippen LogP contribution in [-0.2, 0) is 17.1 Å². The van der Waals surface area contributed by atoms with E-state index in [-0.39, 0.29) is 10.9 Å². The van der Waals surface area contributed by atoms with Crippen LogP contribution < -0.4 is 10.0 Å². The van der Waals surface area contributed by atoms with Gasteiger partial charge in [-0.25, -0.2) is 13.1 Å². The number of hydrogen-bond donors (Lipinski definition) is 2. The Morgan fingerprint density at radius 2 is 2.35 bits per heavy atom. The first-order chi connectivity index (χ1) is 7.99. The van der Waals surface area contributed by atoms with E-state index in [1.807, 2.05) is 0 Å². The van der Waals surface area contributed by atoms with E-state index in [2.05, 4.69) is 22.1 Å². The highest BCUT2D eigenvalue weighted by Gasteiger charge is 2.27. The average Bonchev–Trinajstić information content (AvgIpc) is 2.69. The molecule has 0 aliphatic carbocycles. The van der Waals surface area contributed by atoms with Gasteiger partial charge in [0.05, 0.1) is 6.20 Å². The molecule has 1 aromatic rings. The smallest absolute Gasteiger partial charge is 0.243 e. The van der Waals surface area contributed by atoms with Crippen LogP contribution in [0.5, 0.6) is 0 Å². The Labute approximate surface area is 101 Å². The lowest BCUT2D eigenvalue weighted by Gasteiger charge is -2.29. The van der Waals surface area contributed by atoms with Gasteiger partial charge >= 0.3 is 0 Å². The molecule has 6 nitrogen and oxygen atoms in total. The maximum atomic E-state index is 12.1. The van der Waals surface area contributed by atoms with Crippen molar-refractivity contribution >= 4 is 10.0 Å². The van der Waals surface area contributed by atoms with Crippen LogP contribution in [0.1, 0.15) is 13.3 Å². The fourth-order valence-electron chi connectivity index (χ4n) is 1.95. The molecule has 1 aliphatic rings. The lowest BCUT2D eigenvalue weighted by atomic mass is 9.96. The molecule has 1 saturated heterocycles. The number of rotatable bonds is 3. The zero-order chi connectivity index (χ0) is 12.5. The van der Waals surface area contributed by atoms with E-state index >= 15 is 0 Å². The van der Waals surface area contributed by atoms with Crippen molar-refractivity contribution in [3.63, 3.8) is 0 Å². The van der Waals surface area contributed by atoms with Crippen LogP contribution >= 0.6 is 0 Å². The van der Waals surface area contributed by atoms with Gasteiger partial charge < -0.3 is 5.32 Å². The minimum Gasteiger partial charge on any atom is -0.315 e. The number of sulfonamides is 1. The Morgan fingerprint density at radius 3 is 2.94 bits per heavy atom. The molecule has 1 fully saturated rings. The first kappa shape index (κ1) is 12.5. The van der Waals surface area contributed by atoms with Gasteiger partial charge in [-0.3, -0.25) is 4.68 Å². The SMILES string of the molecule is C[C@@H]1CCNC[C@H]1NS(=O)(=O)c1cnn(C)c1. The third-order valence-corrected chi connectivity index (χ3v) is 4.57. The van der Waals surface area contributed by atoms with E-state index < -0.39 is 10.0 Å². The Morgan fingerprint density at radius 1 is 1.59 bits per heavy atom. The summed E-state index contributed by atoms with van der Waals surface area (Å²) in [6.07, 6.45) is 3.85. The molecule has 2 heterocycles. The molecule has 1 aromatic heterocycles. The Kier molecular flexibility index (Phi) is 3.50. The van der Waals surface area contributed by atoms with Gasteiger partial charge in [-0.2, -0.15) is 5.10 Å². The van der Waals surface area contributed by atoms with Crippen LogP contribution in [0.3, 0.4) is 0 Å². The van der Waals surface area contributed by atoms with Crippen LogP contribution in [0.2, 0.25) is 0 Å². The molecule has 0 spiro atoms. The van der Waals surface area contributed by atoms with Crippen LogP contribution in [0.25, 0.3) is 0 Å². The fraction of sp³-hybridized carbons (Fsp3) is 0.700. The molecule has 0 bridgehead atoms. The number of aromatic nitrogens is 2. The van der Waals surface area contributed by atoms with Gasteiger partial charge in [-0.15, -0.1) is 0 Å². The summed E-state index contributed by atoms with van der Waals surface area (Å²) in [5.41, 5.74) is 0. The van der Waals surface area contributed by atoms with Gasteiger partial charge in [-0.1, -0.05) is 6.92 Å². The van der Waals surface area contributed by atoms with Gasteiger partial charge in [0.25, 0.3) is 0 Å². The summed E-state index contributed by atoms with van der Waals surface area (Å²) in [6, 6.07) is -0.0473. The molecule has 96 valence electrons. The maximum Gasteiger partial charge on any atom is 0.243 e. The number of hydrogen-bond acceptors (Lipinski definition) is 4. The van der Waals surface area contributed by atoms with E-state index in [1.54, 1.807) is 7.05 Å². The first-order valence-electron chi connectivity index (χ1n) is 5.71. The average molecular weight is 258 g/mol. The molecule has 17 heavy (non-hydrogen) atoms. The molecule has 1 aliphatic heterocycles. The summed E-state index contributed by atoms with van der Waals surface area (Å²) in [5.74, 6) is 0.350. The summed E-state index contributed by atoms with van der Waals surface area (Å²) >= 11 is 0. The van der Waals surface area contributed by atoms with Crippen molar-refractivity contribution < 1.29 is 8.42 Å². The minimum atomic E-state index is -3.45. The number of nitrogens with one attached hydrogen (secondary N) is 2. The largest absolute Gasteiger partial charge is 0.315 e. The van der Waals surface area contributed by atoms with Crippen molar-refractivity contribution in [1.29, 1.82) is 0 Å². The number of nitrogens with zero attached hydrogens (tertiary/aromatic N) is 2. The molecule has 2 atom stereocenters. The maximum absolute atomic E-state index is 12.1. The third-order valence-electron chi connectivity index (χ3n) is 3.13. The third kappa shape index (κ3) is 2.85. The van der Waals surface area contributed by atoms with Crippen molar-refractivity contribution in [2.45, 2.75) is 24.3 Å². The molecular weight excluding hydrogens is 240 g/mol. The monoisotopic (exact) mass is 258 g/mol. The standard InChI is InChI=1S/C10H18N4O2S/c1-8-3-4-11-6-10(8)13-17(15,16)9-5-12-14(2)7-9/h5,7-8,10-11,13H,3-4,6H2,1-2H3/t8-,10-/m1/s1. The highest BCUT2D eigenvalue weighted by Crippen LogP contribution is 2.15. The van der Waals surface area contributed by atoms with Crippen LogP contribution in [0, 0.1) is 5.92 Å². The Bertz CT molecular complexity index is 482. The van der Waals surface area contributed by atoms with Crippen LogP contribution in [0.15, 0.2) is 17.3 Å². The fourth-order valence-corrected chi connectivity index (χ4v) is 3.28. The lowest BCUT2D eigenvalue weighted by Crippen LogP contribution is -2.50. The van der Waals surface area contributed by atoms with Crippen LogP contribution in [0.4, 0.5) is 0 Å². The summed E-state index contributed by atoms with van der Waals surface area (Å²) in [7, 11) is -1.75. The molecular formula is C10H18N4O2S. The quantitative estimate of drug-likeness (QED) is 0.780. The molecule has 0 unspecified atom stereocenters. The lowest BCUT2D eigenvalue weighted by molar-refractivity contribution is 0.327. The van der Waals surface area contributed by atoms with Gasteiger partial charge in [0.15, 0.2) is 0 Å². The van der Waals surface area contributed by atoms with Gasteiger partial charge in [0.1, 0.15) is 4.90 Å². The second-order valence-electron chi connectivity index (χ2n) is 4.55. The highest BCUT2D eigenvalue weighted by atomic mass is 32.2. The number of aryl methyl sites for hydroxylation is 1. The van der Waals surface area contributed by atoms with Crippen molar-refractivity contribution in [2.24, 2.45) is 13.0 Å². The molecule has 0 aromatic carbocycles. The van der Waals surface area contributed by atoms with Gasteiger partial charge in [-0.05, 0) is 18.9 Å². The highest BCUT2D eigenvalue weighted by molar-refractivity contribution is 7.89. The van der Waals surface area contributed by atoms with E-state index in [9.17, 15) is 8.42 Å². The topological polar surface area (TPSA) is 76.0 Å². The zero-order valence-electron chi connectivity index (χ0n) is 10.0. The molecule has 0 radical (unpaired) electrons. The Balaban J connectivity index is 2.11. The second-order valence-corrected chi connectivity index (χ2v) is 6.26. The normalized spacial score (nSPS) is 26.0. The van der Waals surface area contributed by atoms with E-state index in [0.717, 1.165) is 13.0 Å². The van der Waals surface area contributed by atoms with E-state index in [4.69, 9.17) is 0 Å². The first-order valence-corrected chi connectivity index (χ1v) is 7.19. The Hall–Kier alpha value is -0.920. The van der Waals surface area contributed by atoms with Crippen molar-refractivity contribution in [1.82, 2.24) is 19.8 Å². The van der Waals surface area contributed by atoms with Gasteiger partial charge in [0.2, 0.25) is 10.0 Å². The van der Waals surface area contributed by atoms with Crippen molar-refractivity contribution in [3.05, 3.63) is 12.4 Å². The molecule has 2 N–H and O–H groups in total. The molecule has 7 heteroatoms. The summed E-state index contributed by atoms with van der Waals surface area (Å²) in [6.45, 7) is 3.70. The van der Waals surface area contributed by atoms with Crippen molar-refractivity contribution in [3.8, 4) is 0 Å². The molecule has 2 rings (SSSR count). The van der Waals surface area contributed by atoms with E-state index in [1.165, 1.54) is 17.1 Å².